The zero-order chi connectivity index (χ0) is 11.1. The average molecular weight is 237 g/mol. The minimum Gasteiger partial charge on any atom is -0.405 e. The summed E-state index contributed by atoms with van der Waals surface area (Å²) in [5.41, 5.74) is 0.321. The number of H-pyrrole nitrogens is 1. The number of aromatic amines is 1. The molecule has 1 N–H and O–H groups in total. The van der Waals surface area contributed by atoms with Gasteiger partial charge in [0, 0.05) is 0 Å². The van der Waals surface area contributed by atoms with Gasteiger partial charge in [-0.3, -0.25) is 5.10 Å². The molecule has 0 amide bonds. The molecule has 0 fully saturated rings. The Morgan fingerprint density at radius 3 is 2.73 bits per heavy atom. The van der Waals surface area contributed by atoms with E-state index in [1.807, 2.05) is 0 Å². The molecule has 2 aromatic rings. The maximum atomic E-state index is 12.0. The number of benzene rings is 1. The van der Waals surface area contributed by atoms with Gasteiger partial charge in [0.05, 0.1) is 10.9 Å². The van der Waals surface area contributed by atoms with Gasteiger partial charge in [0.15, 0.2) is 0 Å². The number of aromatic nitrogens is 2. The zero-order valence-electron chi connectivity index (χ0n) is 7.10. The molecule has 3 nitrogen and oxygen atoms in total. The van der Waals surface area contributed by atoms with E-state index in [9.17, 15) is 13.2 Å². The minimum atomic E-state index is -4.74. The van der Waals surface area contributed by atoms with Gasteiger partial charge >= 0.3 is 6.36 Å². The maximum Gasteiger partial charge on any atom is 0.573 e. The fraction of sp³-hybridized carbons (Fsp3) is 0.125. The summed E-state index contributed by atoms with van der Waals surface area (Å²) in [5, 5.41) is 6.22. The summed E-state index contributed by atoms with van der Waals surface area (Å²) in [6.45, 7) is 0. The lowest BCUT2D eigenvalue weighted by Crippen LogP contribution is -2.17. The van der Waals surface area contributed by atoms with Crippen LogP contribution in [-0.4, -0.2) is 16.6 Å². The van der Waals surface area contributed by atoms with Gasteiger partial charge < -0.3 is 4.74 Å². The quantitative estimate of drug-likeness (QED) is 0.826. The van der Waals surface area contributed by atoms with Crippen molar-refractivity contribution in [1.82, 2.24) is 10.2 Å². The highest BCUT2D eigenvalue weighted by molar-refractivity contribution is 6.34. The monoisotopic (exact) mass is 236 g/mol. The first kappa shape index (κ1) is 10.1. The van der Waals surface area contributed by atoms with Crippen molar-refractivity contribution in [3.63, 3.8) is 0 Å². The molecule has 0 aliphatic carbocycles. The van der Waals surface area contributed by atoms with Crippen LogP contribution >= 0.6 is 11.6 Å². The topological polar surface area (TPSA) is 37.9 Å². The lowest BCUT2D eigenvalue weighted by molar-refractivity contribution is -0.274. The number of halogens is 4. The second-order valence-corrected chi connectivity index (χ2v) is 3.11. The van der Waals surface area contributed by atoms with Crippen molar-refractivity contribution >= 4 is 22.5 Å². The molecule has 0 unspecified atom stereocenters. The third-order valence-electron chi connectivity index (χ3n) is 1.72. The number of hydrogen-bond donors (Lipinski definition) is 1. The van der Waals surface area contributed by atoms with Crippen LogP contribution in [0, 0.1) is 0 Å². The molecule has 15 heavy (non-hydrogen) atoms. The predicted octanol–water partition coefficient (Wildman–Crippen LogP) is 3.11. The second-order valence-electron chi connectivity index (χ2n) is 2.74. The number of ether oxygens (including phenoxy) is 1. The lowest BCUT2D eigenvalue weighted by atomic mass is 10.2. The van der Waals surface area contributed by atoms with E-state index in [0.717, 1.165) is 0 Å². The first-order chi connectivity index (χ1) is 6.97. The van der Waals surface area contributed by atoms with E-state index in [4.69, 9.17) is 11.6 Å². The molecule has 0 saturated carbocycles. The summed E-state index contributed by atoms with van der Waals surface area (Å²) in [6.07, 6.45) is -4.74. The van der Waals surface area contributed by atoms with E-state index in [0.29, 0.717) is 5.52 Å². The Balaban J connectivity index is 2.55. The van der Waals surface area contributed by atoms with Crippen LogP contribution in [-0.2, 0) is 0 Å². The Morgan fingerprint density at radius 1 is 1.33 bits per heavy atom. The van der Waals surface area contributed by atoms with Crippen molar-refractivity contribution in [2.24, 2.45) is 0 Å². The summed E-state index contributed by atoms with van der Waals surface area (Å²) in [4.78, 5) is 0. The smallest absolute Gasteiger partial charge is 0.405 e. The van der Waals surface area contributed by atoms with Gasteiger partial charge in [0.2, 0.25) is 0 Å². The van der Waals surface area contributed by atoms with E-state index >= 15 is 0 Å². The summed E-state index contributed by atoms with van der Waals surface area (Å²) in [5.74, 6) is -0.362. The molecule has 0 radical (unpaired) electrons. The van der Waals surface area contributed by atoms with Gasteiger partial charge in [-0.2, -0.15) is 5.10 Å². The molecule has 1 aromatic heterocycles. The van der Waals surface area contributed by atoms with Crippen molar-refractivity contribution in [3.05, 3.63) is 23.4 Å². The van der Waals surface area contributed by atoms with E-state index in [1.165, 1.54) is 18.2 Å². The Kier molecular flexibility index (Phi) is 2.22. The molecule has 1 heterocycles. The third-order valence-corrected chi connectivity index (χ3v) is 2.00. The van der Waals surface area contributed by atoms with Gasteiger partial charge in [-0.15, -0.1) is 13.2 Å². The van der Waals surface area contributed by atoms with Crippen LogP contribution in [0.15, 0.2) is 18.2 Å². The van der Waals surface area contributed by atoms with Crippen LogP contribution in [0.1, 0.15) is 0 Å². The normalized spacial score (nSPS) is 12.0. The summed E-state index contributed by atoms with van der Waals surface area (Å²) in [7, 11) is 0. The standard InChI is InChI=1S/C8H4ClF3N2O/c9-7-6-4(13-14-7)2-1-3-5(6)15-8(10,11)12/h1-3H,(H,13,14). The lowest BCUT2D eigenvalue weighted by Gasteiger charge is -2.09. The molecule has 0 bridgehead atoms. The highest BCUT2D eigenvalue weighted by Crippen LogP contribution is 2.33. The number of nitrogens with one attached hydrogen (secondary N) is 1. The van der Waals surface area contributed by atoms with Gasteiger partial charge in [0.25, 0.3) is 0 Å². The Labute approximate surface area is 86.8 Å². The molecule has 1 aromatic carbocycles. The summed E-state index contributed by atoms with van der Waals surface area (Å²) in [6, 6.07) is 4.11. The molecule has 80 valence electrons. The highest BCUT2D eigenvalue weighted by atomic mass is 35.5. The number of nitrogens with zero attached hydrogens (tertiary/aromatic N) is 1. The van der Waals surface area contributed by atoms with Crippen LogP contribution in [0.25, 0.3) is 10.9 Å². The van der Waals surface area contributed by atoms with Crippen LogP contribution in [0.5, 0.6) is 5.75 Å². The first-order valence-electron chi connectivity index (χ1n) is 3.86. The predicted molar refractivity (Wildman–Crippen MR) is 47.8 cm³/mol. The molecule has 0 saturated heterocycles. The van der Waals surface area contributed by atoms with E-state index in [2.05, 4.69) is 14.9 Å². The molecule has 7 heteroatoms. The minimum absolute atomic E-state index is 0.0184. The van der Waals surface area contributed by atoms with E-state index in [1.54, 1.807) is 0 Å². The molecule has 2 rings (SSSR count). The molecule has 0 aliphatic rings. The highest BCUT2D eigenvalue weighted by Gasteiger charge is 2.32. The molecular formula is C8H4ClF3N2O. The van der Waals surface area contributed by atoms with E-state index < -0.39 is 6.36 Å². The van der Waals surface area contributed by atoms with Crippen LogP contribution in [0.3, 0.4) is 0 Å². The van der Waals surface area contributed by atoms with Crippen molar-refractivity contribution in [1.29, 1.82) is 0 Å². The summed E-state index contributed by atoms with van der Waals surface area (Å²) >= 11 is 5.64. The van der Waals surface area contributed by atoms with E-state index in [-0.39, 0.29) is 16.3 Å². The van der Waals surface area contributed by atoms with Crippen molar-refractivity contribution < 1.29 is 17.9 Å². The number of hydrogen-bond acceptors (Lipinski definition) is 2. The molecule has 0 spiro atoms. The largest absolute Gasteiger partial charge is 0.573 e. The average Bonchev–Trinajstić information content (AvgIpc) is 2.46. The number of alkyl halides is 3. The van der Waals surface area contributed by atoms with Gasteiger partial charge in [-0.25, -0.2) is 0 Å². The first-order valence-corrected chi connectivity index (χ1v) is 4.23. The fourth-order valence-electron chi connectivity index (χ4n) is 1.21. The van der Waals surface area contributed by atoms with Crippen LogP contribution in [0.2, 0.25) is 5.15 Å². The Morgan fingerprint density at radius 2 is 2.07 bits per heavy atom. The number of fused-ring (bicyclic) bond motifs is 1. The maximum absolute atomic E-state index is 12.0. The van der Waals surface area contributed by atoms with Crippen molar-refractivity contribution in [2.75, 3.05) is 0 Å². The Hall–Kier alpha value is -1.43. The van der Waals surface area contributed by atoms with Crippen LogP contribution < -0.4 is 4.74 Å². The van der Waals surface area contributed by atoms with Crippen LogP contribution in [0.4, 0.5) is 13.2 Å². The number of rotatable bonds is 1. The Bertz CT molecular complexity index is 494. The van der Waals surface area contributed by atoms with Gasteiger partial charge in [-0.1, -0.05) is 17.7 Å². The fourth-order valence-corrected chi connectivity index (χ4v) is 1.44. The zero-order valence-corrected chi connectivity index (χ0v) is 7.86. The van der Waals surface area contributed by atoms with Crippen molar-refractivity contribution in [2.45, 2.75) is 6.36 Å². The molecule has 0 atom stereocenters. The summed E-state index contributed by atoms with van der Waals surface area (Å²) < 4.78 is 39.8. The third kappa shape index (κ3) is 1.99. The molecule has 0 aliphatic heterocycles. The van der Waals surface area contributed by atoms with Gasteiger partial charge in [-0.05, 0) is 12.1 Å². The van der Waals surface area contributed by atoms with Gasteiger partial charge in [0.1, 0.15) is 10.9 Å². The molecular weight excluding hydrogens is 233 g/mol. The second kappa shape index (κ2) is 3.30. The van der Waals surface area contributed by atoms with Crippen molar-refractivity contribution in [3.8, 4) is 5.75 Å². The SMILES string of the molecule is FC(F)(F)Oc1cccc2n[nH]c(Cl)c12.